The van der Waals surface area contributed by atoms with Gasteiger partial charge in [0.2, 0.25) is 11.7 Å². The number of phenolic OH excluding ortho intramolecular Hbond substituents is 2. The molecule has 0 spiro atoms. The van der Waals surface area contributed by atoms with E-state index in [4.69, 9.17) is 28.4 Å². The molecule has 0 fully saturated rings. The van der Waals surface area contributed by atoms with Crippen molar-refractivity contribution in [3.8, 4) is 40.2 Å². The molecule has 1 amide bonds. The highest BCUT2D eigenvalue weighted by Gasteiger charge is 2.32. The average Bonchev–Trinajstić information content (AvgIpc) is 3.14. The summed E-state index contributed by atoms with van der Waals surface area (Å²) in [6.07, 6.45) is 4.31. The number of phenols is 2. The number of benzene rings is 3. The lowest BCUT2D eigenvalue weighted by molar-refractivity contribution is -0.122. The monoisotopic (exact) mass is 735 g/mol. The van der Waals surface area contributed by atoms with Gasteiger partial charge in [0.25, 0.3) is 0 Å². The Morgan fingerprint density at radius 3 is 2.23 bits per heavy atom. The first kappa shape index (κ1) is 40.3. The fraction of sp³-hybridized carbons (Fsp3) is 0.425. The molecule has 0 aromatic heterocycles. The third-order valence-electron chi connectivity index (χ3n) is 8.92. The van der Waals surface area contributed by atoms with Crippen molar-refractivity contribution < 1.29 is 58.1 Å². The molecule has 1 aliphatic rings. The zero-order valence-electron chi connectivity index (χ0n) is 30.8. The number of ether oxygens (including phenoxy) is 6. The Hall–Kier alpha value is -5.43. The Labute approximate surface area is 309 Å². The van der Waals surface area contributed by atoms with Crippen LogP contribution < -0.4 is 29.0 Å². The van der Waals surface area contributed by atoms with Crippen molar-refractivity contribution in [3.63, 3.8) is 0 Å². The fourth-order valence-electron chi connectivity index (χ4n) is 6.12. The summed E-state index contributed by atoms with van der Waals surface area (Å²) in [6.45, 7) is 1.43. The van der Waals surface area contributed by atoms with Crippen LogP contribution in [-0.2, 0) is 14.3 Å². The molecule has 3 unspecified atom stereocenters. The molecule has 13 heteroatoms. The number of fused-ring (bicyclic) bond motifs is 1. The molecule has 0 radical (unpaired) electrons. The highest BCUT2D eigenvalue weighted by atomic mass is 16.5. The second kappa shape index (κ2) is 19.4. The summed E-state index contributed by atoms with van der Waals surface area (Å²) in [6, 6.07) is 11.3. The summed E-state index contributed by atoms with van der Waals surface area (Å²) in [4.78, 5) is 39.5. The molecule has 286 valence electrons. The van der Waals surface area contributed by atoms with E-state index < -0.39 is 35.8 Å². The van der Waals surface area contributed by atoms with Gasteiger partial charge < -0.3 is 49.1 Å². The highest BCUT2D eigenvalue weighted by molar-refractivity contribution is 5.98. The van der Waals surface area contributed by atoms with Crippen molar-refractivity contribution in [2.45, 2.75) is 70.0 Å². The minimum absolute atomic E-state index is 0.110. The average molecular weight is 736 g/mol. The second-order valence-corrected chi connectivity index (χ2v) is 12.7. The molecule has 1 aliphatic heterocycles. The zero-order chi connectivity index (χ0) is 38.5. The lowest BCUT2D eigenvalue weighted by atomic mass is 9.84. The predicted molar refractivity (Wildman–Crippen MR) is 196 cm³/mol. The number of ketones is 1. The number of Topliss-reactive ketones (excluding diaryl/α,β-unsaturated/α-hetero) is 1. The number of aliphatic hydroxyl groups is 1. The van der Waals surface area contributed by atoms with Gasteiger partial charge in [0, 0.05) is 37.3 Å². The first-order chi connectivity index (χ1) is 25.5. The highest BCUT2D eigenvalue weighted by Crippen LogP contribution is 2.47. The van der Waals surface area contributed by atoms with Crippen molar-refractivity contribution in [2.75, 3.05) is 41.6 Å². The van der Waals surface area contributed by atoms with Gasteiger partial charge in [-0.2, -0.15) is 0 Å². The Kier molecular flexibility index (Phi) is 14.8. The van der Waals surface area contributed by atoms with Crippen LogP contribution in [-0.4, -0.2) is 86.8 Å². The van der Waals surface area contributed by atoms with Crippen LogP contribution >= 0.6 is 0 Å². The first-order valence-electron chi connectivity index (χ1n) is 17.5. The number of nitrogens with one attached hydrogen (secondary N) is 1. The Morgan fingerprint density at radius 2 is 1.58 bits per heavy atom. The number of carbonyl (C=O) groups excluding carboxylic acids is 3. The molecule has 3 atom stereocenters. The number of hydrogen-bond donors (Lipinski definition) is 4. The van der Waals surface area contributed by atoms with Crippen LogP contribution in [0.5, 0.6) is 40.2 Å². The lowest BCUT2D eigenvalue weighted by Gasteiger charge is -2.24. The maximum Gasteiger partial charge on any atom is 0.342 e. The van der Waals surface area contributed by atoms with Crippen LogP contribution in [0.25, 0.3) is 6.08 Å². The summed E-state index contributed by atoms with van der Waals surface area (Å²) in [5.74, 6) is -1.31. The third kappa shape index (κ3) is 10.8. The van der Waals surface area contributed by atoms with E-state index in [0.29, 0.717) is 55.6 Å². The second-order valence-electron chi connectivity index (χ2n) is 12.7. The largest absolute Gasteiger partial charge is 0.507 e. The number of rotatable bonds is 13. The summed E-state index contributed by atoms with van der Waals surface area (Å²) < 4.78 is 33.1. The molecule has 0 bridgehead atoms. The maximum atomic E-state index is 13.7. The van der Waals surface area contributed by atoms with E-state index in [1.54, 1.807) is 62.6 Å². The van der Waals surface area contributed by atoms with E-state index in [1.165, 1.54) is 27.4 Å². The predicted octanol–water partition coefficient (Wildman–Crippen LogP) is 5.69. The van der Waals surface area contributed by atoms with Crippen LogP contribution in [0.4, 0.5) is 0 Å². The minimum atomic E-state index is -1.07. The first-order valence-corrected chi connectivity index (χ1v) is 17.5. The van der Waals surface area contributed by atoms with E-state index in [9.17, 15) is 29.7 Å². The molecule has 0 saturated heterocycles. The minimum Gasteiger partial charge on any atom is -0.507 e. The van der Waals surface area contributed by atoms with Gasteiger partial charge in [0.15, 0.2) is 11.5 Å². The normalized spacial score (nSPS) is 16.3. The molecule has 0 aliphatic carbocycles. The Bertz CT molecular complexity index is 1730. The van der Waals surface area contributed by atoms with Gasteiger partial charge in [-0.25, -0.2) is 4.79 Å². The van der Waals surface area contributed by atoms with Crippen molar-refractivity contribution in [1.29, 1.82) is 0 Å². The SMILES string of the molecule is COc1ccc(OCC(O)CNC(=O)CC(c2cc(OC)c(OC)c(OC)c2)c2c(O)cc3c(c2O)C(=O)OC(C)CCCC(=O)CCCC=C3)cc1. The van der Waals surface area contributed by atoms with Gasteiger partial charge in [-0.1, -0.05) is 12.2 Å². The van der Waals surface area contributed by atoms with Crippen molar-refractivity contribution in [1.82, 2.24) is 5.32 Å². The molecule has 0 saturated carbocycles. The number of aliphatic hydroxyl groups excluding tert-OH is 1. The number of esters is 1. The van der Waals surface area contributed by atoms with E-state index >= 15 is 0 Å². The summed E-state index contributed by atoms with van der Waals surface area (Å²) in [7, 11) is 5.85. The number of methoxy groups -OCH3 is 4. The molecule has 3 aromatic carbocycles. The van der Waals surface area contributed by atoms with Gasteiger partial charge in [0.1, 0.15) is 47.1 Å². The molecule has 4 rings (SSSR count). The van der Waals surface area contributed by atoms with Crippen LogP contribution in [0.3, 0.4) is 0 Å². The van der Waals surface area contributed by atoms with Gasteiger partial charge in [-0.3, -0.25) is 9.59 Å². The number of cyclic esters (lactones) is 1. The van der Waals surface area contributed by atoms with Gasteiger partial charge in [0.05, 0.1) is 34.5 Å². The molecule has 53 heavy (non-hydrogen) atoms. The van der Waals surface area contributed by atoms with Crippen molar-refractivity contribution >= 4 is 23.7 Å². The van der Waals surface area contributed by atoms with Gasteiger partial charge in [-0.05, 0) is 86.2 Å². The topological polar surface area (TPSA) is 179 Å². The molecular formula is C40H49NO12. The Balaban J connectivity index is 1.71. The molecule has 4 N–H and O–H groups in total. The lowest BCUT2D eigenvalue weighted by Crippen LogP contribution is -2.36. The van der Waals surface area contributed by atoms with Crippen molar-refractivity contribution in [3.05, 3.63) is 70.8 Å². The molecule has 13 nitrogen and oxygen atoms in total. The smallest absolute Gasteiger partial charge is 0.342 e. The van der Waals surface area contributed by atoms with Crippen LogP contribution in [0.15, 0.2) is 48.5 Å². The number of amides is 1. The summed E-state index contributed by atoms with van der Waals surface area (Å²) in [5, 5.41) is 36.8. The third-order valence-corrected chi connectivity index (χ3v) is 8.92. The van der Waals surface area contributed by atoms with E-state index in [-0.39, 0.29) is 65.0 Å². The van der Waals surface area contributed by atoms with Crippen LogP contribution in [0.1, 0.15) is 84.8 Å². The van der Waals surface area contributed by atoms with Crippen molar-refractivity contribution in [2.24, 2.45) is 0 Å². The Morgan fingerprint density at radius 1 is 0.925 bits per heavy atom. The van der Waals surface area contributed by atoms with Crippen LogP contribution in [0, 0.1) is 0 Å². The zero-order valence-corrected chi connectivity index (χ0v) is 30.8. The number of allylic oxidation sites excluding steroid dienone is 1. The van der Waals surface area contributed by atoms with E-state index in [2.05, 4.69) is 5.32 Å². The number of carbonyl (C=O) groups is 3. The summed E-state index contributed by atoms with van der Waals surface area (Å²) >= 11 is 0. The number of aromatic hydroxyl groups is 2. The van der Waals surface area contributed by atoms with Gasteiger partial charge in [-0.15, -0.1) is 0 Å². The molecule has 1 heterocycles. The fourth-order valence-corrected chi connectivity index (χ4v) is 6.12. The van der Waals surface area contributed by atoms with Crippen LogP contribution in [0.2, 0.25) is 0 Å². The molecule has 3 aromatic rings. The standard InChI is InChI=1S/C40H49NO12/c1-24-10-9-13-27(42)12-8-6-7-11-25-18-32(44)37(38(46)36(25)40(47)53-24)31(26-19-33(49-3)39(51-5)34(20-26)50-4)21-35(45)41-22-28(43)23-52-30-16-14-29(48-2)15-17-30/h7,11,14-20,24,28,31,43-44,46H,6,8-10,12-13,21-23H2,1-5H3,(H,41,45). The quantitative estimate of drug-likeness (QED) is 0.158. The van der Waals surface area contributed by atoms with E-state index in [1.807, 2.05) is 0 Å². The number of hydrogen-bond acceptors (Lipinski definition) is 12. The molecular weight excluding hydrogens is 686 g/mol. The summed E-state index contributed by atoms with van der Waals surface area (Å²) in [5.41, 5.74) is 0.295. The van der Waals surface area contributed by atoms with Gasteiger partial charge >= 0.3 is 5.97 Å². The van der Waals surface area contributed by atoms with E-state index in [0.717, 1.165) is 0 Å². The maximum absolute atomic E-state index is 13.7.